The number of hydrogen-bond donors (Lipinski definition) is 1. The summed E-state index contributed by atoms with van der Waals surface area (Å²) >= 11 is 6.05. The highest BCUT2D eigenvalue weighted by atomic mass is 35.5. The van der Waals surface area contributed by atoms with Crippen LogP contribution in [0.1, 0.15) is 30.9 Å². The normalized spacial score (nSPS) is 15.6. The van der Waals surface area contributed by atoms with E-state index < -0.39 is 17.7 Å². The van der Waals surface area contributed by atoms with Gasteiger partial charge in [0, 0.05) is 5.56 Å². The van der Waals surface area contributed by atoms with Crippen LogP contribution in [0.5, 0.6) is 11.5 Å². The smallest absolute Gasteiger partial charge is 0.338 e. The summed E-state index contributed by atoms with van der Waals surface area (Å²) in [5.74, 6) is -0.914. The van der Waals surface area contributed by atoms with Crippen molar-refractivity contribution in [2.24, 2.45) is 5.73 Å². The minimum absolute atomic E-state index is 0.0319. The number of hydrogen-bond acceptors (Lipinski definition) is 7. The Morgan fingerprint density at radius 2 is 2.00 bits per heavy atom. The summed E-state index contributed by atoms with van der Waals surface area (Å²) < 4.78 is 35.2. The molecule has 2 N–H and O–H groups in total. The van der Waals surface area contributed by atoms with Gasteiger partial charge in [-0.25, -0.2) is 9.18 Å². The van der Waals surface area contributed by atoms with Crippen LogP contribution in [0.4, 0.5) is 4.39 Å². The minimum atomic E-state index is -0.804. The van der Waals surface area contributed by atoms with Gasteiger partial charge in [-0.05, 0) is 49.7 Å². The van der Waals surface area contributed by atoms with Crippen molar-refractivity contribution in [2.45, 2.75) is 26.4 Å². The monoisotopic (exact) mass is 472 g/mol. The van der Waals surface area contributed by atoms with Gasteiger partial charge in [0.15, 0.2) is 0 Å². The van der Waals surface area contributed by atoms with Crippen molar-refractivity contribution in [1.82, 2.24) is 0 Å². The summed E-state index contributed by atoms with van der Waals surface area (Å²) in [5, 5.41) is 9.87. The summed E-state index contributed by atoms with van der Waals surface area (Å²) in [7, 11) is 1.50. The molecule has 0 radical (unpaired) electrons. The highest BCUT2D eigenvalue weighted by molar-refractivity contribution is 6.32. The first-order valence-electron chi connectivity index (χ1n) is 10.0. The average Bonchev–Trinajstić information content (AvgIpc) is 2.78. The van der Waals surface area contributed by atoms with Crippen molar-refractivity contribution >= 4 is 17.6 Å². The van der Waals surface area contributed by atoms with Gasteiger partial charge in [0.1, 0.15) is 41.3 Å². The number of allylic oxidation sites excluding steroid dienone is 2. The highest BCUT2D eigenvalue weighted by Gasteiger charge is 2.36. The third kappa shape index (κ3) is 5.04. The van der Waals surface area contributed by atoms with Crippen molar-refractivity contribution in [2.75, 3.05) is 13.7 Å². The van der Waals surface area contributed by atoms with Gasteiger partial charge in [-0.1, -0.05) is 17.7 Å². The first kappa shape index (κ1) is 24.0. The molecule has 3 rings (SSSR count). The van der Waals surface area contributed by atoms with E-state index in [1.807, 2.05) is 6.07 Å². The highest BCUT2D eigenvalue weighted by Crippen LogP contribution is 2.41. The fourth-order valence-electron chi connectivity index (χ4n) is 3.53. The lowest BCUT2D eigenvalue weighted by molar-refractivity contribution is -0.139. The molecular weight excluding hydrogens is 451 g/mol. The molecular formula is C24H22ClFN2O5. The van der Waals surface area contributed by atoms with E-state index in [-0.39, 0.29) is 41.0 Å². The van der Waals surface area contributed by atoms with E-state index in [0.717, 1.165) is 6.07 Å². The van der Waals surface area contributed by atoms with E-state index in [1.165, 1.54) is 19.2 Å². The number of benzene rings is 2. The molecule has 1 aliphatic heterocycles. The third-order valence-corrected chi connectivity index (χ3v) is 5.31. The Bertz CT molecular complexity index is 1190. The SMILES string of the molecule is CCOC(=O)C1=C(C)OC(N)=C(C#N)C1c1ccc(OC)c(COc2ccc(F)cc2Cl)c1. The molecule has 33 heavy (non-hydrogen) atoms. The number of halogens is 2. The Hall–Kier alpha value is -3.70. The van der Waals surface area contributed by atoms with Gasteiger partial charge >= 0.3 is 5.97 Å². The number of esters is 1. The van der Waals surface area contributed by atoms with Gasteiger partial charge in [-0.15, -0.1) is 0 Å². The summed E-state index contributed by atoms with van der Waals surface area (Å²) in [6, 6.07) is 11.0. The van der Waals surface area contributed by atoms with Gasteiger partial charge in [-0.3, -0.25) is 0 Å². The van der Waals surface area contributed by atoms with Gasteiger partial charge < -0.3 is 24.7 Å². The molecule has 2 aromatic rings. The van der Waals surface area contributed by atoms with Crippen LogP contribution in [0.15, 0.2) is 59.2 Å². The molecule has 0 amide bonds. The summed E-state index contributed by atoms with van der Waals surface area (Å²) in [4.78, 5) is 12.7. The minimum Gasteiger partial charge on any atom is -0.496 e. The number of nitriles is 1. The molecule has 1 atom stereocenters. The van der Waals surface area contributed by atoms with E-state index in [0.29, 0.717) is 22.6 Å². The number of rotatable bonds is 7. The zero-order chi connectivity index (χ0) is 24.1. The lowest BCUT2D eigenvalue weighted by atomic mass is 9.82. The lowest BCUT2D eigenvalue weighted by Gasteiger charge is -2.27. The standard InChI is InChI=1S/C24H22ClFN2O5/c1-4-31-24(29)21-13(2)33-23(28)17(11-27)22(21)14-5-7-19(30-3)15(9-14)12-32-20-8-6-16(26)10-18(20)25/h5-10,22H,4,12,28H2,1-3H3. The molecule has 9 heteroatoms. The Balaban J connectivity index is 2.03. The van der Waals surface area contributed by atoms with Crippen LogP contribution < -0.4 is 15.2 Å². The number of carbonyl (C=O) groups excluding carboxylic acids is 1. The third-order valence-electron chi connectivity index (χ3n) is 5.02. The second-order valence-electron chi connectivity index (χ2n) is 7.05. The number of carbonyl (C=O) groups is 1. The Labute approximate surface area is 195 Å². The fourth-order valence-corrected chi connectivity index (χ4v) is 3.75. The Morgan fingerprint density at radius 1 is 1.27 bits per heavy atom. The van der Waals surface area contributed by atoms with Crippen LogP contribution in [0.2, 0.25) is 5.02 Å². The van der Waals surface area contributed by atoms with Gasteiger partial charge in [-0.2, -0.15) is 5.26 Å². The van der Waals surface area contributed by atoms with E-state index >= 15 is 0 Å². The van der Waals surface area contributed by atoms with Crippen molar-refractivity contribution in [3.05, 3.63) is 81.2 Å². The Kier molecular flexibility index (Phi) is 7.46. The van der Waals surface area contributed by atoms with Crippen molar-refractivity contribution in [3.8, 4) is 17.6 Å². The van der Waals surface area contributed by atoms with Crippen LogP contribution in [0.3, 0.4) is 0 Å². The van der Waals surface area contributed by atoms with Crippen molar-refractivity contribution in [1.29, 1.82) is 5.26 Å². The largest absolute Gasteiger partial charge is 0.496 e. The predicted octanol–water partition coefficient (Wildman–Crippen LogP) is 4.71. The lowest BCUT2D eigenvalue weighted by Crippen LogP contribution is -2.25. The van der Waals surface area contributed by atoms with Crippen molar-refractivity contribution < 1.29 is 28.1 Å². The predicted molar refractivity (Wildman–Crippen MR) is 119 cm³/mol. The first-order valence-corrected chi connectivity index (χ1v) is 10.4. The maximum atomic E-state index is 13.3. The second-order valence-corrected chi connectivity index (χ2v) is 7.46. The molecule has 1 aliphatic rings. The topological polar surface area (TPSA) is 104 Å². The number of ether oxygens (including phenoxy) is 4. The van der Waals surface area contributed by atoms with E-state index in [2.05, 4.69) is 0 Å². The molecule has 1 unspecified atom stereocenters. The maximum absolute atomic E-state index is 13.3. The second kappa shape index (κ2) is 10.3. The molecule has 2 aromatic carbocycles. The Morgan fingerprint density at radius 3 is 2.64 bits per heavy atom. The molecule has 7 nitrogen and oxygen atoms in total. The van der Waals surface area contributed by atoms with E-state index in [1.54, 1.807) is 32.0 Å². The molecule has 0 aliphatic carbocycles. The average molecular weight is 473 g/mol. The van der Waals surface area contributed by atoms with Crippen LogP contribution in [0, 0.1) is 17.1 Å². The molecule has 0 saturated carbocycles. The molecule has 0 bridgehead atoms. The molecule has 0 fully saturated rings. The summed E-state index contributed by atoms with van der Waals surface area (Å²) in [5.41, 5.74) is 7.42. The van der Waals surface area contributed by atoms with Gasteiger partial charge in [0.25, 0.3) is 0 Å². The van der Waals surface area contributed by atoms with Crippen LogP contribution in [-0.4, -0.2) is 19.7 Å². The van der Waals surface area contributed by atoms with Crippen LogP contribution in [-0.2, 0) is 20.9 Å². The zero-order valence-corrected chi connectivity index (χ0v) is 19.0. The van der Waals surface area contributed by atoms with Crippen molar-refractivity contribution in [3.63, 3.8) is 0 Å². The molecule has 1 heterocycles. The summed E-state index contributed by atoms with van der Waals surface area (Å²) in [6.07, 6.45) is 0. The quantitative estimate of drug-likeness (QED) is 0.582. The van der Waals surface area contributed by atoms with Gasteiger partial charge in [0.05, 0.1) is 30.2 Å². The summed E-state index contributed by atoms with van der Waals surface area (Å²) in [6.45, 7) is 3.46. The zero-order valence-electron chi connectivity index (χ0n) is 18.3. The van der Waals surface area contributed by atoms with Crippen LogP contribution >= 0.6 is 11.6 Å². The van der Waals surface area contributed by atoms with E-state index in [4.69, 9.17) is 36.3 Å². The fraction of sp³-hybridized carbons (Fsp3) is 0.250. The van der Waals surface area contributed by atoms with Gasteiger partial charge in [0.2, 0.25) is 5.88 Å². The number of methoxy groups -OCH3 is 1. The molecule has 0 saturated heterocycles. The molecule has 0 spiro atoms. The molecule has 172 valence electrons. The first-order chi connectivity index (χ1) is 15.8. The number of nitrogens with zero attached hydrogens (tertiary/aromatic N) is 1. The van der Waals surface area contributed by atoms with Crippen LogP contribution in [0.25, 0.3) is 0 Å². The van der Waals surface area contributed by atoms with E-state index in [9.17, 15) is 14.4 Å². The maximum Gasteiger partial charge on any atom is 0.338 e. The molecule has 0 aromatic heterocycles. The number of nitrogens with two attached hydrogens (primary N) is 1.